The lowest BCUT2D eigenvalue weighted by molar-refractivity contribution is -0.117. The molecule has 5 heteroatoms. The normalized spacial score (nSPS) is 13.0. The number of benzene rings is 2. The molecule has 0 aromatic heterocycles. The number of hydrogen-bond donors (Lipinski definition) is 1. The molecule has 1 aliphatic heterocycles. The second-order valence-corrected chi connectivity index (χ2v) is 5.03. The molecule has 4 nitrogen and oxygen atoms in total. The monoisotopic (exact) mass is 300 g/mol. The quantitative estimate of drug-likeness (QED) is 0.862. The average Bonchev–Trinajstić information content (AvgIpc) is 2.62. The van der Waals surface area contributed by atoms with Crippen LogP contribution in [-0.2, 0) is 4.79 Å². The fourth-order valence-electron chi connectivity index (χ4n) is 2.42. The van der Waals surface area contributed by atoms with Gasteiger partial charge >= 0.3 is 0 Å². The van der Waals surface area contributed by atoms with Gasteiger partial charge in [-0.05, 0) is 24.3 Å². The van der Waals surface area contributed by atoms with Crippen LogP contribution < -0.4 is 10.2 Å². The molecule has 0 fully saturated rings. The molecule has 106 valence electrons. The second kappa shape index (κ2) is 5.58. The molecular weight excluding hydrogens is 288 g/mol. The summed E-state index contributed by atoms with van der Waals surface area (Å²) >= 11 is 5.71. The van der Waals surface area contributed by atoms with Crippen molar-refractivity contribution in [3.63, 3.8) is 0 Å². The minimum atomic E-state index is -0.223. The highest BCUT2D eigenvalue weighted by Crippen LogP contribution is 2.37. The molecule has 1 aliphatic rings. The van der Waals surface area contributed by atoms with E-state index in [0.29, 0.717) is 22.6 Å². The number of nitrogens with one attached hydrogen (secondary N) is 1. The van der Waals surface area contributed by atoms with Crippen molar-refractivity contribution < 1.29 is 9.59 Å². The van der Waals surface area contributed by atoms with Crippen molar-refractivity contribution in [3.05, 3.63) is 54.1 Å². The Hall–Kier alpha value is -2.33. The maximum absolute atomic E-state index is 12.5. The van der Waals surface area contributed by atoms with Crippen molar-refractivity contribution in [2.75, 3.05) is 16.1 Å². The number of halogens is 1. The molecule has 0 atom stereocenters. The molecule has 1 heterocycles. The van der Waals surface area contributed by atoms with Crippen LogP contribution in [0.15, 0.2) is 48.5 Å². The predicted octanol–water partition coefficient (Wildman–Crippen LogP) is 3.55. The third-order valence-electron chi connectivity index (χ3n) is 3.34. The number of carbonyl (C=O) groups excluding carboxylic acids is 2. The van der Waals surface area contributed by atoms with Crippen molar-refractivity contribution >= 4 is 40.5 Å². The summed E-state index contributed by atoms with van der Waals surface area (Å²) in [7, 11) is 0. The van der Waals surface area contributed by atoms with Gasteiger partial charge in [-0.25, -0.2) is 0 Å². The Kier molecular flexibility index (Phi) is 3.62. The molecule has 3 rings (SSSR count). The Morgan fingerprint density at radius 2 is 1.71 bits per heavy atom. The summed E-state index contributed by atoms with van der Waals surface area (Å²) in [4.78, 5) is 26.4. The van der Waals surface area contributed by atoms with E-state index in [4.69, 9.17) is 11.6 Å². The maximum Gasteiger partial charge on any atom is 0.257 e. The number of para-hydroxylation sites is 3. The van der Waals surface area contributed by atoms with E-state index in [1.807, 2.05) is 18.2 Å². The smallest absolute Gasteiger partial charge is 0.257 e. The predicted molar refractivity (Wildman–Crippen MR) is 83.3 cm³/mol. The van der Waals surface area contributed by atoms with Gasteiger partial charge in [0.25, 0.3) is 5.91 Å². The highest BCUT2D eigenvalue weighted by molar-refractivity contribution is 6.21. The van der Waals surface area contributed by atoms with Crippen LogP contribution >= 0.6 is 11.6 Å². The van der Waals surface area contributed by atoms with Gasteiger partial charge in [-0.15, -0.1) is 11.6 Å². The van der Waals surface area contributed by atoms with Crippen LogP contribution in [-0.4, -0.2) is 17.7 Å². The standard InChI is InChI=1S/C16H13ClN2O2/c17-10-9-15(20)19-13-7-3-1-5-11(13)16(21)18-12-6-2-4-8-14(12)19/h1-8H,9-10H2,(H,18,21). The first-order valence-electron chi connectivity index (χ1n) is 6.60. The van der Waals surface area contributed by atoms with Crippen molar-refractivity contribution in [1.29, 1.82) is 0 Å². The third-order valence-corrected chi connectivity index (χ3v) is 3.53. The van der Waals surface area contributed by atoms with E-state index in [9.17, 15) is 9.59 Å². The minimum absolute atomic E-state index is 0.138. The lowest BCUT2D eigenvalue weighted by Crippen LogP contribution is -2.26. The summed E-state index contributed by atoms with van der Waals surface area (Å²) in [5.41, 5.74) is 2.32. The van der Waals surface area contributed by atoms with E-state index in [0.717, 1.165) is 0 Å². The lowest BCUT2D eigenvalue weighted by atomic mass is 10.1. The average molecular weight is 301 g/mol. The molecule has 1 N–H and O–H groups in total. The van der Waals surface area contributed by atoms with Crippen molar-refractivity contribution in [2.24, 2.45) is 0 Å². The number of hydrogen-bond acceptors (Lipinski definition) is 2. The van der Waals surface area contributed by atoms with E-state index in [1.165, 1.54) is 0 Å². The molecule has 0 radical (unpaired) electrons. The zero-order valence-electron chi connectivity index (χ0n) is 11.2. The zero-order chi connectivity index (χ0) is 14.8. The lowest BCUT2D eigenvalue weighted by Gasteiger charge is -2.23. The summed E-state index contributed by atoms with van der Waals surface area (Å²) in [5, 5.41) is 2.84. The summed E-state index contributed by atoms with van der Waals surface area (Å²) in [5.74, 6) is -0.123. The van der Waals surface area contributed by atoms with Gasteiger partial charge in [0, 0.05) is 12.3 Å². The Morgan fingerprint density at radius 1 is 1.05 bits per heavy atom. The van der Waals surface area contributed by atoms with Gasteiger partial charge in [-0.3, -0.25) is 14.5 Å². The fourth-order valence-corrected chi connectivity index (χ4v) is 2.58. The van der Waals surface area contributed by atoms with E-state index in [1.54, 1.807) is 35.2 Å². The number of nitrogens with zero attached hydrogens (tertiary/aromatic N) is 1. The second-order valence-electron chi connectivity index (χ2n) is 4.66. The first kappa shape index (κ1) is 13.6. The van der Waals surface area contributed by atoms with E-state index in [-0.39, 0.29) is 24.1 Å². The molecular formula is C16H13ClN2O2. The molecule has 2 aromatic carbocycles. The molecule has 2 amide bonds. The number of alkyl halides is 1. The summed E-state index contributed by atoms with van der Waals surface area (Å²) < 4.78 is 0. The molecule has 0 unspecified atom stereocenters. The van der Waals surface area contributed by atoms with E-state index < -0.39 is 0 Å². The molecule has 0 saturated carbocycles. The Bertz CT molecular complexity index is 715. The van der Waals surface area contributed by atoms with Crippen LogP contribution in [0.2, 0.25) is 0 Å². The highest BCUT2D eigenvalue weighted by atomic mass is 35.5. The molecule has 0 bridgehead atoms. The number of amides is 2. The first-order chi connectivity index (χ1) is 10.2. The van der Waals surface area contributed by atoms with Gasteiger partial charge in [-0.1, -0.05) is 24.3 Å². The Balaban J connectivity index is 2.23. The first-order valence-corrected chi connectivity index (χ1v) is 7.14. The summed E-state index contributed by atoms with van der Waals surface area (Å²) in [6.45, 7) is 0. The van der Waals surface area contributed by atoms with Crippen molar-refractivity contribution in [3.8, 4) is 0 Å². The van der Waals surface area contributed by atoms with Gasteiger partial charge in [0.2, 0.25) is 5.91 Å². The topological polar surface area (TPSA) is 49.4 Å². The summed E-state index contributed by atoms with van der Waals surface area (Å²) in [6, 6.07) is 14.3. The molecule has 0 aliphatic carbocycles. The van der Waals surface area contributed by atoms with Crippen LogP contribution in [0, 0.1) is 0 Å². The Labute approximate surface area is 127 Å². The summed E-state index contributed by atoms with van der Waals surface area (Å²) in [6.07, 6.45) is 0.207. The van der Waals surface area contributed by atoms with E-state index in [2.05, 4.69) is 5.32 Å². The maximum atomic E-state index is 12.5. The molecule has 21 heavy (non-hydrogen) atoms. The number of rotatable bonds is 2. The fraction of sp³-hybridized carbons (Fsp3) is 0.125. The zero-order valence-corrected chi connectivity index (χ0v) is 11.9. The van der Waals surface area contributed by atoms with Gasteiger partial charge < -0.3 is 5.32 Å². The number of fused-ring (bicyclic) bond motifs is 2. The Morgan fingerprint density at radius 3 is 2.48 bits per heavy atom. The minimum Gasteiger partial charge on any atom is -0.320 e. The van der Waals surface area contributed by atoms with Crippen molar-refractivity contribution in [2.45, 2.75) is 6.42 Å². The molecule has 0 saturated heterocycles. The van der Waals surface area contributed by atoms with Crippen LogP contribution in [0.5, 0.6) is 0 Å². The van der Waals surface area contributed by atoms with Crippen LogP contribution in [0.25, 0.3) is 0 Å². The van der Waals surface area contributed by atoms with Crippen LogP contribution in [0.3, 0.4) is 0 Å². The van der Waals surface area contributed by atoms with Gasteiger partial charge in [0.15, 0.2) is 0 Å². The third kappa shape index (κ3) is 2.38. The number of anilines is 3. The SMILES string of the molecule is O=C1Nc2ccccc2N(C(=O)CCCl)c2ccccc21. The van der Waals surface area contributed by atoms with Gasteiger partial charge in [0.05, 0.1) is 22.6 Å². The highest BCUT2D eigenvalue weighted by Gasteiger charge is 2.28. The van der Waals surface area contributed by atoms with Crippen molar-refractivity contribution in [1.82, 2.24) is 0 Å². The molecule has 2 aromatic rings. The number of carbonyl (C=O) groups is 2. The van der Waals surface area contributed by atoms with E-state index >= 15 is 0 Å². The van der Waals surface area contributed by atoms with Gasteiger partial charge in [0.1, 0.15) is 0 Å². The largest absolute Gasteiger partial charge is 0.320 e. The van der Waals surface area contributed by atoms with Gasteiger partial charge in [-0.2, -0.15) is 0 Å². The van der Waals surface area contributed by atoms with Crippen LogP contribution in [0.4, 0.5) is 17.1 Å². The molecule has 0 spiro atoms. The van der Waals surface area contributed by atoms with Crippen LogP contribution in [0.1, 0.15) is 16.8 Å².